The molecule has 1 N–H and O–H groups in total. The lowest BCUT2D eigenvalue weighted by Crippen LogP contribution is -2.13. The van der Waals surface area contributed by atoms with Crippen LogP contribution in [0.3, 0.4) is 0 Å². The highest BCUT2D eigenvalue weighted by atomic mass is 16.2. The first-order chi connectivity index (χ1) is 7.63. The van der Waals surface area contributed by atoms with E-state index in [0.717, 1.165) is 11.4 Å². The average Bonchev–Trinajstić information content (AvgIpc) is 2.26. The number of para-hydroxylation sites is 1. The van der Waals surface area contributed by atoms with Crippen LogP contribution in [-0.4, -0.2) is 11.6 Å². The van der Waals surface area contributed by atoms with Gasteiger partial charge < -0.3 is 5.32 Å². The van der Waals surface area contributed by atoms with Crippen LogP contribution in [0.4, 0.5) is 5.69 Å². The summed E-state index contributed by atoms with van der Waals surface area (Å²) in [5, 5.41) is 2.78. The maximum Gasteiger partial charge on any atom is 0.273 e. The first kappa shape index (κ1) is 12.2. The Hall–Kier alpha value is -1.90. The fraction of sp³-hybridized carbons (Fsp3) is 0.231. The maximum absolute atomic E-state index is 11.8. The van der Waals surface area contributed by atoms with Crippen molar-refractivity contribution in [1.82, 2.24) is 0 Å². The second-order valence-electron chi connectivity index (χ2n) is 3.55. The number of allylic oxidation sites excluding steroid dienone is 1. The van der Waals surface area contributed by atoms with E-state index in [1.807, 2.05) is 44.2 Å². The van der Waals surface area contributed by atoms with E-state index in [9.17, 15) is 4.79 Å². The lowest BCUT2D eigenvalue weighted by Gasteiger charge is -2.05. The zero-order chi connectivity index (χ0) is 12.0. The third-order valence-corrected chi connectivity index (χ3v) is 1.88. The summed E-state index contributed by atoms with van der Waals surface area (Å²) in [6, 6.07) is 9.33. The second kappa shape index (κ2) is 5.85. The molecule has 0 aliphatic heterocycles. The second-order valence-corrected chi connectivity index (χ2v) is 3.55. The van der Waals surface area contributed by atoms with Crippen molar-refractivity contribution in [3.8, 4) is 0 Å². The number of carbonyl (C=O) groups is 1. The van der Waals surface area contributed by atoms with Crippen LogP contribution in [0.1, 0.15) is 20.8 Å². The lowest BCUT2D eigenvalue weighted by molar-refractivity contribution is -0.112. The van der Waals surface area contributed by atoms with E-state index in [0.29, 0.717) is 5.70 Å². The third-order valence-electron chi connectivity index (χ3n) is 1.88. The van der Waals surface area contributed by atoms with Gasteiger partial charge in [-0.3, -0.25) is 9.79 Å². The molecule has 0 saturated heterocycles. The van der Waals surface area contributed by atoms with Crippen molar-refractivity contribution in [1.29, 1.82) is 0 Å². The van der Waals surface area contributed by atoms with Crippen LogP contribution in [0.15, 0.2) is 47.1 Å². The molecule has 0 aliphatic carbocycles. The van der Waals surface area contributed by atoms with Crippen LogP contribution in [0.2, 0.25) is 0 Å². The smallest absolute Gasteiger partial charge is 0.273 e. The normalized spacial score (nSPS) is 10.8. The van der Waals surface area contributed by atoms with Gasteiger partial charge in [-0.2, -0.15) is 0 Å². The molecule has 0 spiro atoms. The van der Waals surface area contributed by atoms with Crippen LogP contribution in [-0.2, 0) is 4.79 Å². The molecule has 0 aromatic heterocycles. The molecule has 0 radical (unpaired) electrons. The number of hydrogen-bond donors (Lipinski definition) is 1. The SMILES string of the molecule is C/C=C(\N=C(C)C)C(=O)Nc1ccccc1. The van der Waals surface area contributed by atoms with Crippen molar-refractivity contribution in [3.05, 3.63) is 42.1 Å². The van der Waals surface area contributed by atoms with Crippen molar-refractivity contribution in [2.75, 3.05) is 5.32 Å². The molecule has 3 nitrogen and oxygen atoms in total. The minimum absolute atomic E-state index is 0.185. The van der Waals surface area contributed by atoms with Crippen molar-refractivity contribution in [2.45, 2.75) is 20.8 Å². The first-order valence-electron chi connectivity index (χ1n) is 5.18. The van der Waals surface area contributed by atoms with Gasteiger partial charge in [0, 0.05) is 11.4 Å². The predicted molar refractivity (Wildman–Crippen MR) is 67.6 cm³/mol. The zero-order valence-corrected chi connectivity index (χ0v) is 9.82. The van der Waals surface area contributed by atoms with Gasteiger partial charge >= 0.3 is 0 Å². The van der Waals surface area contributed by atoms with Gasteiger partial charge in [-0.05, 0) is 32.9 Å². The summed E-state index contributed by atoms with van der Waals surface area (Å²) in [5.74, 6) is -0.185. The van der Waals surface area contributed by atoms with E-state index in [-0.39, 0.29) is 5.91 Å². The highest BCUT2D eigenvalue weighted by Gasteiger charge is 2.06. The molecule has 1 rings (SSSR count). The maximum atomic E-state index is 11.8. The summed E-state index contributed by atoms with van der Waals surface area (Å²) >= 11 is 0. The number of benzene rings is 1. The number of aliphatic imine (C=N–C) groups is 1. The highest BCUT2D eigenvalue weighted by molar-refractivity contribution is 6.05. The van der Waals surface area contributed by atoms with Crippen LogP contribution in [0.5, 0.6) is 0 Å². The highest BCUT2D eigenvalue weighted by Crippen LogP contribution is 2.08. The molecule has 0 unspecified atom stereocenters. The molecule has 0 atom stereocenters. The molecule has 0 bridgehead atoms. The van der Waals surface area contributed by atoms with Crippen molar-refractivity contribution < 1.29 is 4.79 Å². The Balaban J connectivity index is 2.76. The summed E-state index contributed by atoms with van der Waals surface area (Å²) in [6.07, 6.45) is 1.70. The average molecular weight is 216 g/mol. The van der Waals surface area contributed by atoms with E-state index in [2.05, 4.69) is 10.3 Å². The molecule has 0 heterocycles. The van der Waals surface area contributed by atoms with Crippen LogP contribution in [0, 0.1) is 0 Å². The number of nitrogens with zero attached hydrogens (tertiary/aromatic N) is 1. The van der Waals surface area contributed by atoms with Gasteiger partial charge in [-0.25, -0.2) is 0 Å². The fourth-order valence-corrected chi connectivity index (χ4v) is 1.20. The molecule has 1 amide bonds. The van der Waals surface area contributed by atoms with Crippen molar-refractivity contribution in [3.63, 3.8) is 0 Å². The van der Waals surface area contributed by atoms with E-state index in [4.69, 9.17) is 0 Å². The van der Waals surface area contributed by atoms with Crippen LogP contribution >= 0.6 is 0 Å². The zero-order valence-electron chi connectivity index (χ0n) is 9.82. The number of nitrogens with one attached hydrogen (secondary N) is 1. The summed E-state index contributed by atoms with van der Waals surface area (Å²) in [5.41, 5.74) is 2.07. The molecular formula is C13H16N2O. The van der Waals surface area contributed by atoms with Gasteiger partial charge in [0.1, 0.15) is 5.70 Å². The third kappa shape index (κ3) is 3.69. The van der Waals surface area contributed by atoms with E-state index in [1.54, 1.807) is 13.0 Å². The molecule has 0 saturated carbocycles. The minimum atomic E-state index is -0.185. The van der Waals surface area contributed by atoms with Gasteiger partial charge in [0.05, 0.1) is 0 Å². The lowest BCUT2D eigenvalue weighted by atomic mass is 10.3. The molecular weight excluding hydrogens is 200 g/mol. The molecule has 84 valence electrons. The van der Waals surface area contributed by atoms with Gasteiger partial charge in [0.15, 0.2) is 0 Å². The molecule has 1 aromatic rings. The number of amides is 1. The van der Waals surface area contributed by atoms with Crippen LogP contribution < -0.4 is 5.32 Å². The minimum Gasteiger partial charge on any atom is -0.321 e. The van der Waals surface area contributed by atoms with Crippen molar-refractivity contribution in [2.24, 2.45) is 4.99 Å². The standard InChI is InChI=1S/C13H16N2O/c1-4-12(14-10(2)3)13(16)15-11-8-6-5-7-9-11/h4-9H,1-3H3,(H,15,16)/b12-4-. The topological polar surface area (TPSA) is 41.5 Å². The Labute approximate surface area is 95.9 Å². The number of anilines is 1. The number of rotatable bonds is 3. The quantitative estimate of drug-likeness (QED) is 0.612. The first-order valence-corrected chi connectivity index (χ1v) is 5.18. The Kier molecular flexibility index (Phi) is 4.45. The Morgan fingerprint density at radius 3 is 2.38 bits per heavy atom. The summed E-state index contributed by atoms with van der Waals surface area (Å²) < 4.78 is 0. The predicted octanol–water partition coefficient (Wildman–Crippen LogP) is 3.01. The summed E-state index contributed by atoms with van der Waals surface area (Å²) in [6.45, 7) is 5.52. The number of carbonyl (C=O) groups excluding carboxylic acids is 1. The van der Waals surface area contributed by atoms with Crippen LogP contribution in [0.25, 0.3) is 0 Å². The Morgan fingerprint density at radius 1 is 1.25 bits per heavy atom. The molecule has 0 fully saturated rings. The Morgan fingerprint density at radius 2 is 1.88 bits per heavy atom. The fourth-order valence-electron chi connectivity index (χ4n) is 1.20. The molecule has 0 aliphatic rings. The number of hydrogen-bond acceptors (Lipinski definition) is 2. The monoisotopic (exact) mass is 216 g/mol. The largest absolute Gasteiger partial charge is 0.321 e. The van der Waals surface area contributed by atoms with E-state index >= 15 is 0 Å². The molecule has 1 aromatic carbocycles. The van der Waals surface area contributed by atoms with E-state index < -0.39 is 0 Å². The summed E-state index contributed by atoms with van der Waals surface area (Å²) in [7, 11) is 0. The Bertz CT molecular complexity index is 415. The van der Waals surface area contributed by atoms with E-state index in [1.165, 1.54) is 0 Å². The van der Waals surface area contributed by atoms with Gasteiger partial charge in [0.25, 0.3) is 5.91 Å². The van der Waals surface area contributed by atoms with Gasteiger partial charge in [-0.15, -0.1) is 0 Å². The van der Waals surface area contributed by atoms with Gasteiger partial charge in [-0.1, -0.05) is 24.3 Å². The van der Waals surface area contributed by atoms with Crippen molar-refractivity contribution >= 4 is 17.3 Å². The molecule has 16 heavy (non-hydrogen) atoms. The van der Waals surface area contributed by atoms with Gasteiger partial charge in [0.2, 0.25) is 0 Å². The summed E-state index contributed by atoms with van der Waals surface area (Å²) in [4.78, 5) is 15.9. The molecule has 3 heteroatoms.